The number of nitrogens with zero attached hydrogens (tertiary/aromatic N) is 2. The second-order valence-electron chi connectivity index (χ2n) is 6.71. The summed E-state index contributed by atoms with van der Waals surface area (Å²) in [7, 11) is 0. The van der Waals surface area contributed by atoms with E-state index in [1.54, 1.807) is 19.1 Å². The fourth-order valence-corrected chi connectivity index (χ4v) is 2.74. The van der Waals surface area contributed by atoms with Crippen LogP contribution in [0, 0.1) is 12.8 Å². The Balaban J connectivity index is 2.30. The van der Waals surface area contributed by atoms with Crippen LogP contribution in [-0.2, 0) is 0 Å². The first-order valence-corrected chi connectivity index (χ1v) is 8.84. The second-order valence-corrected chi connectivity index (χ2v) is 7.11. The van der Waals surface area contributed by atoms with Crippen LogP contribution in [0.5, 0.6) is 0 Å². The van der Waals surface area contributed by atoms with Gasteiger partial charge in [-0.15, -0.1) is 0 Å². The molecule has 0 aliphatic carbocycles. The van der Waals surface area contributed by atoms with E-state index in [-0.39, 0.29) is 11.7 Å². The molecule has 1 aromatic carbocycles. The maximum Gasteiger partial charge on any atom is 0.276 e. The topological polar surface area (TPSA) is 64.0 Å². The minimum absolute atomic E-state index is 0.0221. The second kappa shape index (κ2) is 8.30. The number of amides is 1. The van der Waals surface area contributed by atoms with E-state index in [4.69, 9.17) is 11.6 Å². The number of rotatable bonds is 6. The molecule has 1 unspecified atom stereocenters. The number of aryl methyl sites for hydroxylation is 1. The van der Waals surface area contributed by atoms with Gasteiger partial charge in [-0.2, -0.15) is 5.10 Å². The van der Waals surface area contributed by atoms with Crippen LogP contribution in [-0.4, -0.2) is 21.7 Å². The Bertz CT molecular complexity index is 815. The quantitative estimate of drug-likeness (QED) is 0.852. The number of hydrogen-bond acceptors (Lipinski definition) is 3. The highest BCUT2D eigenvalue weighted by molar-refractivity contribution is 6.32. The molecular formula is C19H24ClN3O2. The van der Waals surface area contributed by atoms with Gasteiger partial charge in [0.2, 0.25) is 5.43 Å². The number of aromatic nitrogens is 2. The Morgan fingerprint density at radius 2 is 1.92 bits per heavy atom. The summed E-state index contributed by atoms with van der Waals surface area (Å²) in [5.41, 5.74) is 0.724. The van der Waals surface area contributed by atoms with Crippen LogP contribution in [0.4, 0.5) is 0 Å². The van der Waals surface area contributed by atoms with Crippen LogP contribution >= 0.6 is 11.6 Å². The first kappa shape index (κ1) is 19.2. The van der Waals surface area contributed by atoms with Gasteiger partial charge in [0.25, 0.3) is 5.91 Å². The lowest BCUT2D eigenvalue weighted by atomic mass is 10.0. The standard InChI is InChI=1S/C19H24ClN3O2/c1-12(2)9-10-13(3)21-19(25)18-17(24)11-14(4)23(22-18)16-8-6-5-7-15(16)20/h5-8,11-13H,9-10H2,1-4H3,(H,21,25). The average Bonchev–Trinajstić information content (AvgIpc) is 2.54. The van der Waals surface area contributed by atoms with Gasteiger partial charge in [-0.1, -0.05) is 37.6 Å². The van der Waals surface area contributed by atoms with E-state index in [1.807, 2.05) is 19.1 Å². The Morgan fingerprint density at radius 3 is 2.56 bits per heavy atom. The molecular weight excluding hydrogens is 338 g/mol. The van der Waals surface area contributed by atoms with Gasteiger partial charge in [0, 0.05) is 17.8 Å². The summed E-state index contributed by atoms with van der Waals surface area (Å²) in [4.78, 5) is 24.7. The monoisotopic (exact) mass is 361 g/mol. The molecule has 1 atom stereocenters. The molecule has 134 valence electrons. The van der Waals surface area contributed by atoms with Crippen molar-refractivity contribution in [3.05, 3.63) is 57.0 Å². The van der Waals surface area contributed by atoms with Crippen molar-refractivity contribution in [1.82, 2.24) is 15.1 Å². The summed E-state index contributed by atoms with van der Waals surface area (Å²) in [6.45, 7) is 7.96. The maximum atomic E-state index is 12.5. The van der Waals surface area contributed by atoms with Gasteiger partial charge in [0.1, 0.15) is 0 Å². The lowest BCUT2D eigenvalue weighted by molar-refractivity contribution is 0.0929. The summed E-state index contributed by atoms with van der Waals surface area (Å²) >= 11 is 6.22. The highest BCUT2D eigenvalue weighted by atomic mass is 35.5. The molecule has 1 N–H and O–H groups in total. The van der Waals surface area contributed by atoms with Gasteiger partial charge in [0.05, 0.1) is 10.7 Å². The molecule has 1 amide bonds. The zero-order valence-corrected chi connectivity index (χ0v) is 15.8. The predicted octanol–water partition coefficient (Wildman–Crippen LogP) is 3.75. The molecule has 0 aliphatic rings. The van der Waals surface area contributed by atoms with Gasteiger partial charge in [0.15, 0.2) is 5.69 Å². The van der Waals surface area contributed by atoms with E-state index in [0.717, 1.165) is 12.8 Å². The molecule has 5 nitrogen and oxygen atoms in total. The number of benzene rings is 1. The van der Waals surface area contributed by atoms with E-state index < -0.39 is 11.3 Å². The van der Waals surface area contributed by atoms with E-state index in [1.165, 1.54) is 10.7 Å². The van der Waals surface area contributed by atoms with E-state index in [0.29, 0.717) is 22.3 Å². The summed E-state index contributed by atoms with van der Waals surface area (Å²) in [6.07, 6.45) is 1.86. The van der Waals surface area contributed by atoms with Gasteiger partial charge >= 0.3 is 0 Å². The highest BCUT2D eigenvalue weighted by Gasteiger charge is 2.18. The molecule has 1 heterocycles. The number of halogens is 1. The van der Waals surface area contributed by atoms with Crippen molar-refractivity contribution in [3.63, 3.8) is 0 Å². The van der Waals surface area contributed by atoms with Crippen molar-refractivity contribution in [2.24, 2.45) is 5.92 Å². The first-order valence-electron chi connectivity index (χ1n) is 8.46. The molecule has 0 bridgehead atoms. The summed E-state index contributed by atoms with van der Waals surface area (Å²) in [5, 5.41) is 7.61. The van der Waals surface area contributed by atoms with Gasteiger partial charge in [-0.25, -0.2) is 4.68 Å². The van der Waals surface area contributed by atoms with Crippen LogP contribution in [0.3, 0.4) is 0 Å². The van der Waals surface area contributed by atoms with Crippen molar-refractivity contribution in [2.75, 3.05) is 0 Å². The molecule has 1 aromatic heterocycles. The van der Waals surface area contributed by atoms with Crippen LogP contribution in [0.15, 0.2) is 35.1 Å². The number of carbonyl (C=O) groups is 1. The Hall–Kier alpha value is -2.14. The van der Waals surface area contributed by atoms with E-state index in [2.05, 4.69) is 24.3 Å². The number of nitrogens with one attached hydrogen (secondary N) is 1. The third-order valence-electron chi connectivity index (χ3n) is 3.96. The van der Waals surface area contributed by atoms with Gasteiger partial charge < -0.3 is 5.32 Å². The predicted molar refractivity (Wildman–Crippen MR) is 101 cm³/mol. The molecule has 0 aliphatic heterocycles. The fourth-order valence-electron chi connectivity index (χ4n) is 2.52. The molecule has 2 rings (SSSR count). The largest absolute Gasteiger partial charge is 0.348 e. The minimum atomic E-state index is -0.456. The van der Waals surface area contributed by atoms with Crippen molar-refractivity contribution < 1.29 is 4.79 Å². The molecule has 0 fully saturated rings. The molecule has 0 saturated heterocycles. The lowest BCUT2D eigenvalue weighted by Gasteiger charge is -2.16. The number of hydrogen-bond donors (Lipinski definition) is 1. The Morgan fingerprint density at radius 1 is 1.24 bits per heavy atom. The zero-order valence-electron chi connectivity index (χ0n) is 15.0. The molecule has 0 radical (unpaired) electrons. The summed E-state index contributed by atoms with van der Waals surface area (Å²) in [5.74, 6) is 0.108. The van der Waals surface area contributed by atoms with Crippen LogP contribution in [0.25, 0.3) is 5.69 Å². The van der Waals surface area contributed by atoms with E-state index >= 15 is 0 Å². The third kappa shape index (κ3) is 4.92. The molecule has 2 aromatic rings. The summed E-state index contributed by atoms with van der Waals surface area (Å²) < 4.78 is 1.53. The van der Waals surface area contributed by atoms with Crippen molar-refractivity contribution in [2.45, 2.75) is 46.6 Å². The van der Waals surface area contributed by atoms with Gasteiger partial charge in [-0.3, -0.25) is 9.59 Å². The van der Waals surface area contributed by atoms with Gasteiger partial charge in [-0.05, 0) is 44.7 Å². The third-order valence-corrected chi connectivity index (χ3v) is 4.28. The average molecular weight is 362 g/mol. The maximum absolute atomic E-state index is 12.5. The zero-order chi connectivity index (χ0) is 18.6. The van der Waals surface area contributed by atoms with Crippen LogP contribution < -0.4 is 10.7 Å². The Kier molecular flexibility index (Phi) is 6.37. The van der Waals surface area contributed by atoms with Crippen molar-refractivity contribution in [1.29, 1.82) is 0 Å². The smallest absolute Gasteiger partial charge is 0.276 e. The first-order chi connectivity index (χ1) is 11.8. The van der Waals surface area contributed by atoms with Crippen molar-refractivity contribution >= 4 is 17.5 Å². The molecule has 0 saturated carbocycles. The Labute approximate surface area is 153 Å². The highest BCUT2D eigenvalue weighted by Crippen LogP contribution is 2.19. The van der Waals surface area contributed by atoms with E-state index in [9.17, 15) is 9.59 Å². The van der Waals surface area contributed by atoms with Crippen LogP contribution in [0.2, 0.25) is 5.02 Å². The fraction of sp³-hybridized carbons (Fsp3) is 0.421. The number of carbonyl (C=O) groups excluding carboxylic acids is 1. The van der Waals surface area contributed by atoms with Crippen LogP contribution in [0.1, 0.15) is 49.8 Å². The molecule has 6 heteroatoms. The minimum Gasteiger partial charge on any atom is -0.348 e. The SMILES string of the molecule is Cc1cc(=O)c(C(=O)NC(C)CCC(C)C)nn1-c1ccccc1Cl. The van der Waals surface area contributed by atoms with Crippen molar-refractivity contribution in [3.8, 4) is 5.69 Å². The lowest BCUT2D eigenvalue weighted by Crippen LogP contribution is -2.37. The number of para-hydroxylation sites is 1. The molecule has 0 spiro atoms. The normalized spacial score (nSPS) is 12.2. The summed E-state index contributed by atoms with van der Waals surface area (Å²) in [6, 6.07) is 8.56. The molecule has 25 heavy (non-hydrogen) atoms.